The molecule has 2 aromatic rings. The minimum Gasteiger partial charge on any atom is -0.251 e. The average Bonchev–Trinajstić information content (AvgIpc) is 2.26. The topological polar surface area (TPSA) is 12.9 Å². The minimum atomic E-state index is 0.658. The van der Waals surface area contributed by atoms with Crippen molar-refractivity contribution in [2.24, 2.45) is 0 Å². The molecule has 1 aromatic heterocycles. The van der Waals surface area contributed by atoms with Crippen LogP contribution in [0.5, 0.6) is 0 Å². The highest BCUT2D eigenvalue weighted by molar-refractivity contribution is 6.39. The lowest BCUT2D eigenvalue weighted by Gasteiger charge is -2.10. The SMILES string of the molecule is CCCc1c(C)nc2c(Cl)cccc2c1Cl. The maximum atomic E-state index is 6.40. The number of para-hydroxylation sites is 1. The molecule has 0 atom stereocenters. The van der Waals surface area contributed by atoms with Crippen molar-refractivity contribution < 1.29 is 0 Å². The highest BCUT2D eigenvalue weighted by Gasteiger charge is 2.11. The summed E-state index contributed by atoms with van der Waals surface area (Å²) in [7, 11) is 0. The molecule has 3 heteroatoms. The van der Waals surface area contributed by atoms with Gasteiger partial charge in [-0.05, 0) is 25.0 Å². The lowest BCUT2D eigenvalue weighted by molar-refractivity contribution is 0.904. The van der Waals surface area contributed by atoms with E-state index in [2.05, 4.69) is 11.9 Å². The van der Waals surface area contributed by atoms with Crippen LogP contribution in [0, 0.1) is 6.92 Å². The molecule has 0 saturated carbocycles. The van der Waals surface area contributed by atoms with E-state index in [0.29, 0.717) is 5.02 Å². The van der Waals surface area contributed by atoms with Crippen molar-refractivity contribution in [1.29, 1.82) is 0 Å². The van der Waals surface area contributed by atoms with Gasteiger partial charge in [0.1, 0.15) is 0 Å². The summed E-state index contributed by atoms with van der Waals surface area (Å²) in [5.41, 5.74) is 2.91. The number of aromatic nitrogens is 1. The molecule has 0 aliphatic rings. The van der Waals surface area contributed by atoms with Crippen molar-refractivity contribution in [2.75, 3.05) is 0 Å². The summed E-state index contributed by atoms with van der Waals surface area (Å²) in [5.74, 6) is 0. The van der Waals surface area contributed by atoms with Crippen LogP contribution in [-0.2, 0) is 6.42 Å². The standard InChI is InChI=1S/C13H13Cl2N/c1-3-5-9-8(2)16-13-10(12(9)15)6-4-7-11(13)14/h4,6-7H,3,5H2,1-2H3. The Hall–Kier alpha value is -0.790. The number of fused-ring (bicyclic) bond motifs is 1. The van der Waals surface area contributed by atoms with Crippen LogP contribution in [0.1, 0.15) is 24.6 Å². The molecule has 1 aromatic carbocycles. The number of rotatable bonds is 2. The largest absolute Gasteiger partial charge is 0.251 e. The van der Waals surface area contributed by atoms with Gasteiger partial charge in [-0.2, -0.15) is 0 Å². The number of hydrogen-bond acceptors (Lipinski definition) is 1. The van der Waals surface area contributed by atoms with E-state index < -0.39 is 0 Å². The predicted molar refractivity (Wildman–Crippen MR) is 70.5 cm³/mol. The molecule has 0 unspecified atom stereocenters. The molecule has 0 bridgehead atoms. The third kappa shape index (κ3) is 1.90. The Labute approximate surface area is 105 Å². The number of hydrogen-bond donors (Lipinski definition) is 0. The van der Waals surface area contributed by atoms with Gasteiger partial charge in [-0.3, -0.25) is 4.98 Å². The van der Waals surface area contributed by atoms with Crippen molar-refractivity contribution in [2.45, 2.75) is 26.7 Å². The fourth-order valence-electron chi connectivity index (χ4n) is 1.90. The third-order valence-electron chi connectivity index (χ3n) is 2.70. The molecule has 0 amide bonds. The van der Waals surface area contributed by atoms with Gasteiger partial charge in [0.05, 0.1) is 15.6 Å². The Bertz CT molecular complexity index is 535. The van der Waals surface area contributed by atoms with Crippen LogP contribution in [0.15, 0.2) is 18.2 Å². The molecule has 2 rings (SSSR count). The van der Waals surface area contributed by atoms with Gasteiger partial charge in [-0.1, -0.05) is 48.7 Å². The molecule has 0 N–H and O–H groups in total. The average molecular weight is 254 g/mol. The monoisotopic (exact) mass is 253 g/mol. The third-order valence-corrected chi connectivity index (χ3v) is 3.44. The summed E-state index contributed by atoms with van der Waals surface area (Å²) in [4.78, 5) is 4.54. The van der Waals surface area contributed by atoms with Crippen LogP contribution >= 0.6 is 23.2 Å². The molecule has 0 fully saturated rings. The second-order valence-electron chi connectivity index (χ2n) is 3.88. The molecule has 0 aliphatic carbocycles. The van der Waals surface area contributed by atoms with Gasteiger partial charge < -0.3 is 0 Å². The summed E-state index contributed by atoms with van der Waals surface area (Å²) >= 11 is 12.5. The first-order chi connectivity index (χ1) is 7.65. The zero-order valence-electron chi connectivity index (χ0n) is 9.35. The van der Waals surface area contributed by atoms with Crippen LogP contribution in [-0.4, -0.2) is 4.98 Å². The predicted octanol–water partition coefficient (Wildman–Crippen LogP) is 4.80. The van der Waals surface area contributed by atoms with Crippen LogP contribution < -0.4 is 0 Å². The molecule has 16 heavy (non-hydrogen) atoms. The number of pyridine rings is 1. The van der Waals surface area contributed by atoms with Crippen LogP contribution in [0.3, 0.4) is 0 Å². The first kappa shape index (κ1) is 11.7. The highest BCUT2D eigenvalue weighted by atomic mass is 35.5. The lowest BCUT2D eigenvalue weighted by atomic mass is 10.1. The van der Waals surface area contributed by atoms with Crippen LogP contribution in [0.2, 0.25) is 10.0 Å². The van der Waals surface area contributed by atoms with Crippen LogP contribution in [0.25, 0.3) is 10.9 Å². The Morgan fingerprint density at radius 2 is 2.00 bits per heavy atom. The first-order valence-electron chi connectivity index (χ1n) is 5.38. The van der Waals surface area contributed by atoms with E-state index >= 15 is 0 Å². The number of halogens is 2. The van der Waals surface area contributed by atoms with E-state index in [4.69, 9.17) is 23.2 Å². The summed E-state index contributed by atoms with van der Waals surface area (Å²) in [6, 6.07) is 5.71. The van der Waals surface area contributed by atoms with Gasteiger partial charge in [0.2, 0.25) is 0 Å². The van der Waals surface area contributed by atoms with E-state index in [1.165, 1.54) is 0 Å². The molecular formula is C13H13Cl2N. The minimum absolute atomic E-state index is 0.658. The second-order valence-corrected chi connectivity index (χ2v) is 4.66. The van der Waals surface area contributed by atoms with Gasteiger partial charge >= 0.3 is 0 Å². The molecule has 1 heterocycles. The zero-order chi connectivity index (χ0) is 11.7. The first-order valence-corrected chi connectivity index (χ1v) is 6.14. The van der Waals surface area contributed by atoms with Gasteiger partial charge in [0.25, 0.3) is 0 Å². The van der Waals surface area contributed by atoms with Crippen molar-refractivity contribution >= 4 is 34.1 Å². The van der Waals surface area contributed by atoms with Crippen LogP contribution in [0.4, 0.5) is 0 Å². The fourth-order valence-corrected chi connectivity index (χ4v) is 2.50. The Morgan fingerprint density at radius 1 is 1.25 bits per heavy atom. The van der Waals surface area contributed by atoms with E-state index in [0.717, 1.165) is 40.0 Å². The van der Waals surface area contributed by atoms with E-state index in [9.17, 15) is 0 Å². The van der Waals surface area contributed by atoms with Crippen molar-refractivity contribution in [3.63, 3.8) is 0 Å². The molecule has 1 nitrogen and oxygen atoms in total. The van der Waals surface area contributed by atoms with Gasteiger partial charge in [0.15, 0.2) is 0 Å². The van der Waals surface area contributed by atoms with E-state index in [1.807, 2.05) is 25.1 Å². The molecule has 84 valence electrons. The van der Waals surface area contributed by atoms with Gasteiger partial charge in [-0.25, -0.2) is 0 Å². The Balaban J connectivity index is 2.78. The van der Waals surface area contributed by atoms with Gasteiger partial charge in [0, 0.05) is 11.1 Å². The number of aryl methyl sites for hydroxylation is 1. The second kappa shape index (κ2) is 4.60. The van der Waals surface area contributed by atoms with Crippen molar-refractivity contribution in [1.82, 2.24) is 4.98 Å². The number of nitrogens with zero attached hydrogens (tertiary/aromatic N) is 1. The van der Waals surface area contributed by atoms with Crippen molar-refractivity contribution in [3.8, 4) is 0 Å². The van der Waals surface area contributed by atoms with Crippen molar-refractivity contribution in [3.05, 3.63) is 39.5 Å². The van der Waals surface area contributed by atoms with E-state index in [-0.39, 0.29) is 0 Å². The highest BCUT2D eigenvalue weighted by Crippen LogP contribution is 2.32. The zero-order valence-corrected chi connectivity index (χ0v) is 10.9. The molecular weight excluding hydrogens is 241 g/mol. The molecule has 0 aliphatic heterocycles. The normalized spacial score (nSPS) is 11.0. The summed E-state index contributed by atoms with van der Waals surface area (Å²) < 4.78 is 0. The number of benzene rings is 1. The maximum Gasteiger partial charge on any atom is 0.0906 e. The summed E-state index contributed by atoms with van der Waals surface area (Å²) in [5, 5.41) is 2.40. The molecule has 0 radical (unpaired) electrons. The Kier molecular flexibility index (Phi) is 3.36. The maximum absolute atomic E-state index is 6.40. The smallest absolute Gasteiger partial charge is 0.0906 e. The quantitative estimate of drug-likeness (QED) is 0.749. The summed E-state index contributed by atoms with van der Waals surface area (Å²) in [6.45, 7) is 4.12. The Morgan fingerprint density at radius 3 is 2.69 bits per heavy atom. The summed E-state index contributed by atoms with van der Waals surface area (Å²) in [6.07, 6.45) is 2.02. The van der Waals surface area contributed by atoms with E-state index in [1.54, 1.807) is 0 Å². The molecule has 0 saturated heterocycles. The fraction of sp³-hybridized carbons (Fsp3) is 0.308. The molecule has 0 spiro atoms. The lowest BCUT2D eigenvalue weighted by Crippen LogP contribution is -1.96. The van der Waals surface area contributed by atoms with Gasteiger partial charge in [-0.15, -0.1) is 0 Å².